The van der Waals surface area contributed by atoms with Crippen molar-refractivity contribution in [3.8, 4) is 0 Å². The minimum atomic E-state index is -4.71. The molecule has 0 fully saturated rings. The number of nitrogens with one attached hydrogen (secondary N) is 1. The topological polar surface area (TPSA) is 81.7 Å². The molecule has 12 heteroatoms. The molecule has 0 radical (unpaired) electrons. The molecule has 0 bridgehead atoms. The zero-order valence-electron chi connectivity index (χ0n) is 12.4. The first-order valence-electron chi connectivity index (χ1n) is 6.46. The van der Waals surface area contributed by atoms with E-state index in [1.165, 1.54) is 6.92 Å². The van der Waals surface area contributed by atoms with Gasteiger partial charge in [-0.15, -0.1) is 0 Å². The Morgan fingerprint density at radius 3 is 2.25 bits per heavy atom. The lowest BCUT2D eigenvalue weighted by atomic mass is 10.2. The first kappa shape index (κ1) is 17.8. The zero-order chi connectivity index (χ0) is 18.3. The van der Waals surface area contributed by atoms with Gasteiger partial charge in [0, 0.05) is 0 Å². The molecule has 0 saturated carbocycles. The summed E-state index contributed by atoms with van der Waals surface area (Å²) < 4.78 is 76.2. The van der Waals surface area contributed by atoms with Gasteiger partial charge in [0.2, 0.25) is 5.95 Å². The summed E-state index contributed by atoms with van der Waals surface area (Å²) in [6, 6.07) is 0. The maximum atomic E-state index is 12.8. The van der Waals surface area contributed by atoms with Crippen LogP contribution in [0.3, 0.4) is 0 Å². The van der Waals surface area contributed by atoms with Crippen LogP contribution < -0.4 is 11.1 Å². The molecule has 2 aromatic heterocycles. The smallest absolute Gasteiger partial charge is 0.383 e. The average Bonchev–Trinajstić information content (AvgIpc) is 2.67. The normalized spacial score (nSPS) is 12.5. The standard InChI is InChI=1S/C12H12F6N6/c1-5-8(12(16,17)18)9(19)23-10(21-5)22-7-3-20-24(6(7)2)4-11(13,14)15/h3H,4H2,1-2H3,(H3,19,21,22,23). The number of aryl methyl sites for hydroxylation is 1. The third kappa shape index (κ3) is 3.86. The molecule has 2 aromatic rings. The second-order valence-corrected chi connectivity index (χ2v) is 4.93. The Balaban J connectivity index is 2.30. The summed E-state index contributed by atoms with van der Waals surface area (Å²) in [7, 11) is 0. The summed E-state index contributed by atoms with van der Waals surface area (Å²) in [4.78, 5) is 7.14. The Labute approximate surface area is 131 Å². The van der Waals surface area contributed by atoms with E-state index in [1.807, 2.05) is 0 Å². The van der Waals surface area contributed by atoms with Gasteiger partial charge in [-0.2, -0.15) is 36.4 Å². The second-order valence-electron chi connectivity index (χ2n) is 4.93. The van der Waals surface area contributed by atoms with Crippen molar-refractivity contribution in [2.45, 2.75) is 32.7 Å². The Morgan fingerprint density at radius 2 is 1.75 bits per heavy atom. The molecule has 2 heterocycles. The SMILES string of the molecule is Cc1nc(Nc2cnn(CC(F)(F)F)c2C)nc(N)c1C(F)(F)F. The predicted octanol–water partition coefficient (Wildman–Crippen LogP) is 3.20. The van der Waals surface area contributed by atoms with Crippen LogP contribution in [0.5, 0.6) is 0 Å². The van der Waals surface area contributed by atoms with Crippen LogP contribution in [0.2, 0.25) is 0 Å². The van der Waals surface area contributed by atoms with Crippen LogP contribution in [0.1, 0.15) is 17.0 Å². The van der Waals surface area contributed by atoms with E-state index in [0.29, 0.717) is 4.68 Å². The van der Waals surface area contributed by atoms with E-state index in [4.69, 9.17) is 5.73 Å². The number of rotatable bonds is 3. The number of nitrogens with two attached hydrogens (primary N) is 1. The highest BCUT2D eigenvalue weighted by atomic mass is 19.4. The largest absolute Gasteiger partial charge is 0.421 e. The number of alkyl halides is 6. The van der Waals surface area contributed by atoms with Crippen molar-refractivity contribution >= 4 is 17.5 Å². The molecule has 3 N–H and O–H groups in total. The summed E-state index contributed by atoms with van der Waals surface area (Å²) in [6.45, 7) is 1.17. The van der Waals surface area contributed by atoms with E-state index in [2.05, 4.69) is 20.4 Å². The minimum Gasteiger partial charge on any atom is -0.383 e. The second kappa shape index (κ2) is 5.83. The van der Waals surface area contributed by atoms with Crippen molar-refractivity contribution in [2.75, 3.05) is 11.1 Å². The molecule has 6 nitrogen and oxygen atoms in total. The Hall–Kier alpha value is -2.53. The van der Waals surface area contributed by atoms with Gasteiger partial charge in [-0.3, -0.25) is 4.68 Å². The van der Waals surface area contributed by atoms with E-state index in [-0.39, 0.29) is 17.3 Å². The maximum absolute atomic E-state index is 12.8. The summed E-state index contributed by atoms with van der Waals surface area (Å²) >= 11 is 0. The molecule has 0 aromatic carbocycles. The molecule has 0 amide bonds. The molecule has 0 atom stereocenters. The quantitative estimate of drug-likeness (QED) is 0.828. The lowest BCUT2D eigenvalue weighted by molar-refractivity contribution is -0.143. The third-order valence-corrected chi connectivity index (χ3v) is 3.08. The van der Waals surface area contributed by atoms with E-state index in [1.54, 1.807) is 0 Å². The van der Waals surface area contributed by atoms with Crippen molar-refractivity contribution in [3.05, 3.63) is 23.1 Å². The summed E-state index contributed by atoms with van der Waals surface area (Å²) in [5.41, 5.74) is 3.99. The fraction of sp³-hybridized carbons (Fsp3) is 0.417. The van der Waals surface area contributed by atoms with Crippen molar-refractivity contribution in [1.82, 2.24) is 19.7 Å². The zero-order valence-corrected chi connectivity index (χ0v) is 12.4. The Kier molecular flexibility index (Phi) is 4.33. The molecule has 0 aliphatic heterocycles. The van der Waals surface area contributed by atoms with Gasteiger partial charge in [0.25, 0.3) is 0 Å². The molecule has 0 spiro atoms. The first-order chi connectivity index (χ1) is 10.9. The lowest BCUT2D eigenvalue weighted by Crippen LogP contribution is -2.19. The van der Waals surface area contributed by atoms with E-state index >= 15 is 0 Å². The first-order valence-corrected chi connectivity index (χ1v) is 6.46. The third-order valence-electron chi connectivity index (χ3n) is 3.08. The van der Waals surface area contributed by atoms with E-state index in [0.717, 1.165) is 13.1 Å². The molecular weight excluding hydrogens is 342 g/mol. The van der Waals surface area contributed by atoms with Crippen LogP contribution in [0.15, 0.2) is 6.20 Å². The highest BCUT2D eigenvalue weighted by Gasteiger charge is 2.37. The van der Waals surface area contributed by atoms with Crippen LogP contribution >= 0.6 is 0 Å². The van der Waals surface area contributed by atoms with Gasteiger partial charge in [-0.1, -0.05) is 0 Å². The van der Waals surface area contributed by atoms with Gasteiger partial charge in [-0.05, 0) is 13.8 Å². The fourth-order valence-corrected chi connectivity index (χ4v) is 2.02. The molecule has 0 unspecified atom stereocenters. The highest BCUT2D eigenvalue weighted by molar-refractivity contribution is 5.58. The summed E-state index contributed by atoms with van der Waals surface area (Å²) in [6.07, 6.45) is -8.08. The van der Waals surface area contributed by atoms with Crippen LogP contribution in [0, 0.1) is 13.8 Å². The van der Waals surface area contributed by atoms with Gasteiger partial charge < -0.3 is 11.1 Å². The maximum Gasteiger partial charge on any atom is 0.421 e. The molecular formula is C12H12F6N6. The van der Waals surface area contributed by atoms with Crippen molar-refractivity contribution in [3.63, 3.8) is 0 Å². The Bertz CT molecular complexity index is 724. The van der Waals surface area contributed by atoms with Crippen LogP contribution in [-0.4, -0.2) is 25.9 Å². The fourth-order valence-electron chi connectivity index (χ4n) is 2.02. The van der Waals surface area contributed by atoms with Crippen molar-refractivity contribution < 1.29 is 26.3 Å². The van der Waals surface area contributed by atoms with Gasteiger partial charge in [0.15, 0.2) is 0 Å². The average molecular weight is 354 g/mol. The highest BCUT2D eigenvalue weighted by Crippen LogP contribution is 2.35. The molecule has 132 valence electrons. The number of hydrogen-bond donors (Lipinski definition) is 2. The molecule has 0 aliphatic carbocycles. The van der Waals surface area contributed by atoms with Gasteiger partial charge in [0.1, 0.15) is 17.9 Å². The van der Waals surface area contributed by atoms with Crippen molar-refractivity contribution in [1.29, 1.82) is 0 Å². The summed E-state index contributed by atoms with van der Waals surface area (Å²) in [5.74, 6) is -1.05. The van der Waals surface area contributed by atoms with Crippen LogP contribution in [0.4, 0.5) is 43.8 Å². The number of nitrogen functional groups attached to an aromatic ring is 1. The van der Waals surface area contributed by atoms with Crippen LogP contribution in [0.25, 0.3) is 0 Å². The number of hydrogen-bond acceptors (Lipinski definition) is 5. The van der Waals surface area contributed by atoms with Gasteiger partial charge >= 0.3 is 12.4 Å². The van der Waals surface area contributed by atoms with Crippen molar-refractivity contribution in [2.24, 2.45) is 0 Å². The molecule has 24 heavy (non-hydrogen) atoms. The molecule has 2 rings (SSSR count). The van der Waals surface area contributed by atoms with Crippen LogP contribution in [-0.2, 0) is 12.7 Å². The Morgan fingerprint density at radius 1 is 1.12 bits per heavy atom. The number of nitrogens with zero attached hydrogens (tertiary/aromatic N) is 4. The van der Waals surface area contributed by atoms with Gasteiger partial charge in [-0.25, -0.2) is 4.98 Å². The van der Waals surface area contributed by atoms with E-state index in [9.17, 15) is 26.3 Å². The number of anilines is 3. The summed E-state index contributed by atoms with van der Waals surface area (Å²) in [5, 5.41) is 6.08. The van der Waals surface area contributed by atoms with Gasteiger partial charge in [0.05, 0.1) is 23.3 Å². The number of aromatic nitrogens is 4. The lowest BCUT2D eigenvalue weighted by Gasteiger charge is -2.13. The minimum absolute atomic E-state index is 0.118. The predicted molar refractivity (Wildman–Crippen MR) is 72.5 cm³/mol. The molecule has 0 aliphatic rings. The number of halogens is 6. The monoisotopic (exact) mass is 354 g/mol. The molecule has 0 saturated heterocycles. The van der Waals surface area contributed by atoms with E-state index < -0.39 is 36.0 Å².